The van der Waals surface area contributed by atoms with Crippen LogP contribution in [0.2, 0.25) is 0 Å². The van der Waals surface area contributed by atoms with Crippen LogP contribution in [0.4, 0.5) is 4.79 Å². The molecule has 132 valence electrons. The van der Waals surface area contributed by atoms with Crippen molar-refractivity contribution in [1.82, 2.24) is 5.32 Å². The molecule has 0 aliphatic heterocycles. The molecule has 5 heteroatoms. The number of carboxylic acid groups (broad SMARTS) is 1. The van der Waals surface area contributed by atoms with E-state index in [0.717, 1.165) is 6.42 Å². The summed E-state index contributed by atoms with van der Waals surface area (Å²) in [5, 5.41) is 12.3. The van der Waals surface area contributed by atoms with Gasteiger partial charge in [0.15, 0.2) is 0 Å². The Morgan fingerprint density at radius 1 is 1.17 bits per heavy atom. The van der Waals surface area contributed by atoms with Crippen LogP contribution in [0.1, 0.15) is 57.1 Å². The van der Waals surface area contributed by atoms with Crippen molar-refractivity contribution in [2.45, 2.75) is 64.5 Å². The number of amides is 1. The van der Waals surface area contributed by atoms with Crippen molar-refractivity contribution < 1.29 is 19.4 Å². The summed E-state index contributed by atoms with van der Waals surface area (Å²) in [6.07, 6.45) is 1.47. The molecule has 0 unspecified atom stereocenters. The average molecular weight is 333 g/mol. The summed E-state index contributed by atoms with van der Waals surface area (Å²) < 4.78 is 5.25. The highest BCUT2D eigenvalue weighted by atomic mass is 16.6. The van der Waals surface area contributed by atoms with Gasteiger partial charge in [0, 0.05) is 6.04 Å². The van der Waals surface area contributed by atoms with Gasteiger partial charge in [0.2, 0.25) is 0 Å². The van der Waals surface area contributed by atoms with Gasteiger partial charge >= 0.3 is 12.1 Å². The van der Waals surface area contributed by atoms with Crippen molar-refractivity contribution in [3.8, 4) is 0 Å². The Balaban J connectivity index is 2.04. The SMILES string of the molecule is Cc1ccc([C@H]2CC[C@@H](NC(=O)OC(C)(C)C)[C@H](C(=O)O)C2)cc1. The fourth-order valence-corrected chi connectivity index (χ4v) is 3.22. The van der Waals surface area contributed by atoms with Gasteiger partial charge in [-0.25, -0.2) is 4.79 Å². The third kappa shape index (κ3) is 4.98. The third-order valence-electron chi connectivity index (χ3n) is 4.42. The van der Waals surface area contributed by atoms with Crippen LogP contribution in [0, 0.1) is 12.8 Å². The summed E-state index contributed by atoms with van der Waals surface area (Å²) in [6, 6.07) is 7.85. The zero-order valence-corrected chi connectivity index (χ0v) is 14.8. The number of benzene rings is 1. The molecule has 2 N–H and O–H groups in total. The molecule has 1 aliphatic carbocycles. The number of carbonyl (C=O) groups excluding carboxylic acids is 1. The molecule has 0 heterocycles. The van der Waals surface area contributed by atoms with Gasteiger partial charge in [-0.1, -0.05) is 29.8 Å². The van der Waals surface area contributed by atoms with Crippen LogP contribution in [-0.2, 0) is 9.53 Å². The number of rotatable bonds is 3. The molecule has 0 bridgehead atoms. The normalized spacial score (nSPS) is 24.2. The second kappa shape index (κ2) is 7.24. The first-order chi connectivity index (χ1) is 11.2. The molecule has 0 radical (unpaired) electrons. The number of hydrogen-bond acceptors (Lipinski definition) is 3. The van der Waals surface area contributed by atoms with Crippen LogP contribution in [-0.4, -0.2) is 28.8 Å². The number of ether oxygens (including phenoxy) is 1. The maximum atomic E-state index is 12.0. The van der Waals surface area contributed by atoms with Gasteiger partial charge in [-0.15, -0.1) is 0 Å². The molecule has 1 amide bonds. The van der Waals surface area contributed by atoms with E-state index in [0.29, 0.717) is 12.8 Å². The van der Waals surface area contributed by atoms with E-state index in [9.17, 15) is 14.7 Å². The summed E-state index contributed by atoms with van der Waals surface area (Å²) in [5.74, 6) is -1.26. The molecular weight excluding hydrogens is 306 g/mol. The molecule has 1 fully saturated rings. The highest BCUT2D eigenvalue weighted by Gasteiger charge is 2.37. The molecule has 0 spiro atoms. The molecule has 0 aromatic heterocycles. The first-order valence-corrected chi connectivity index (χ1v) is 8.44. The number of hydrogen-bond donors (Lipinski definition) is 2. The fraction of sp³-hybridized carbons (Fsp3) is 0.579. The number of carbonyl (C=O) groups is 2. The first kappa shape index (κ1) is 18.3. The third-order valence-corrected chi connectivity index (χ3v) is 4.42. The Hall–Kier alpha value is -2.04. The van der Waals surface area contributed by atoms with E-state index in [1.807, 2.05) is 6.92 Å². The lowest BCUT2D eigenvalue weighted by Gasteiger charge is -2.35. The van der Waals surface area contributed by atoms with Gasteiger partial charge in [0.1, 0.15) is 5.60 Å². The van der Waals surface area contributed by atoms with Crippen molar-refractivity contribution in [1.29, 1.82) is 0 Å². The Morgan fingerprint density at radius 3 is 2.33 bits per heavy atom. The quantitative estimate of drug-likeness (QED) is 0.881. The molecule has 1 saturated carbocycles. The van der Waals surface area contributed by atoms with E-state index in [1.54, 1.807) is 20.8 Å². The van der Waals surface area contributed by atoms with Crippen molar-refractivity contribution in [3.63, 3.8) is 0 Å². The van der Waals surface area contributed by atoms with Crippen molar-refractivity contribution in [3.05, 3.63) is 35.4 Å². The number of aliphatic carboxylic acids is 1. The van der Waals surface area contributed by atoms with Crippen LogP contribution in [0.15, 0.2) is 24.3 Å². The summed E-state index contributed by atoms with van der Waals surface area (Å²) in [4.78, 5) is 23.6. The predicted molar refractivity (Wildman–Crippen MR) is 92.1 cm³/mol. The Labute approximate surface area is 143 Å². The van der Waals surface area contributed by atoms with Crippen LogP contribution < -0.4 is 5.32 Å². The average Bonchev–Trinajstić information content (AvgIpc) is 2.46. The lowest BCUT2D eigenvalue weighted by atomic mass is 9.75. The van der Waals surface area contributed by atoms with E-state index < -0.39 is 23.6 Å². The lowest BCUT2D eigenvalue weighted by Crippen LogP contribution is -2.47. The summed E-state index contributed by atoms with van der Waals surface area (Å²) in [7, 11) is 0. The zero-order valence-electron chi connectivity index (χ0n) is 14.8. The second-order valence-electron chi connectivity index (χ2n) is 7.62. The number of nitrogens with one attached hydrogen (secondary N) is 1. The Morgan fingerprint density at radius 2 is 1.79 bits per heavy atom. The molecule has 0 saturated heterocycles. The van der Waals surface area contributed by atoms with E-state index in [2.05, 4.69) is 29.6 Å². The van der Waals surface area contributed by atoms with Gasteiger partial charge in [0.05, 0.1) is 5.92 Å². The molecular formula is C19H27NO4. The molecule has 1 aromatic carbocycles. The molecule has 24 heavy (non-hydrogen) atoms. The molecule has 3 atom stereocenters. The fourth-order valence-electron chi connectivity index (χ4n) is 3.22. The predicted octanol–water partition coefficient (Wildman–Crippen LogP) is 3.86. The maximum Gasteiger partial charge on any atom is 0.407 e. The smallest absolute Gasteiger partial charge is 0.407 e. The largest absolute Gasteiger partial charge is 0.481 e. The number of alkyl carbamates (subject to hydrolysis) is 1. The topological polar surface area (TPSA) is 75.6 Å². The summed E-state index contributed by atoms with van der Waals surface area (Å²) >= 11 is 0. The van der Waals surface area contributed by atoms with E-state index in [4.69, 9.17) is 4.74 Å². The van der Waals surface area contributed by atoms with Crippen LogP contribution in [0.25, 0.3) is 0 Å². The highest BCUT2D eigenvalue weighted by Crippen LogP contribution is 2.36. The molecule has 5 nitrogen and oxygen atoms in total. The van der Waals surface area contributed by atoms with E-state index in [-0.39, 0.29) is 12.0 Å². The molecule has 2 rings (SSSR count). The monoisotopic (exact) mass is 333 g/mol. The second-order valence-corrected chi connectivity index (χ2v) is 7.62. The van der Waals surface area contributed by atoms with Crippen LogP contribution in [0.3, 0.4) is 0 Å². The number of aryl methyl sites for hydroxylation is 1. The summed E-state index contributed by atoms with van der Waals surface area (Å²) in [5.41, 5.74) is 1.76. The van der Waals surface area contributed by atoms with Gasteiger partial charge in [-0.3, -0.25) is 4.79 Å². The van der Waals surface area contributed by atoms with Crippen LogP contribution in [0.5, 0.6) is 0 Å². The number of carboxylic acids is 1. The maximum absolute atomic E-state index is 12.0. The minimum Gasteiger partial charge on any atom is -0.481 e. The zero-order chi connectivity index (χ0) is 17.9. The van der Waals surface area contributed by atoms with Gasteiger partial charge in [0.25, 0.3) is 0 Å². The first-order valence-electron chi connectivity index (χ1n) is 8.44. The molecule has 1 aliphatic rings. The minimum absolute atomic E-state index is 0.211. The standard InChI is InChI=1S/C19H27NO4/c1-12-5-7-13(8-6-12)14-9-10-16(15(11-14)17(21)22)20-18(23)24-19(2,3)4/h5-8,14-16H,9-11H2,1-4H3,(H,20,23)(H,21,22)/t14-,15+,16+/m0/s1. The van der Waals surface area contributed by atoms with Crippen LogP contribution >= 0.6 is 0 Å². The van der Waals surface area contributed by atoms with E-state index in [1.165, 1.54) is 11.1 Å². The van der Waals surface area contributed by atoms with Gasteiger partial charge < -0.3 is 15.2 Å². The van der Waals surface area contributed by atoms with Gasteiger partial charge in [-0.2, -0.15) is 0 Å². The highest BCUT2D eigenvalue weighted by molar-refractivity contribution is 5.74. The molecule has 1 aromatic rings. The lowest BCUT2D eigenvalue weighted by molar-refractivity contribution is -0.143. The van der Waals surface area contributed by atoms with Crippen molar-refractivity contribution in [2.24, 2.45) is 5.92 Å². The van der Waals surface area contributed by atoms with Crippen molar-refractivity contribution in [2.75, 3.05) is 0 Å². The minimum atomic E-state index is -0.868. The van der Waals surface area contributed by atoms with Gasteiger partial charge in [-0.05, 0) is 58.4 Å². The van der Waals surface area contributed by atoms with E-state index >= 15 is 0 Å². The summed E-state index contributed by atoms with van der Waals surface area (Å²) in [6.45, 7) is 7.39. The van der Waals surface area contributed by atoms with Crippen molar-refractivity contribution >= 4 is 12.1 Å². The Kier molecular flexibility index (Phi) is 5.52. The Bertz CT molecular complexity index is 588.